The molecule has 148 valence electrons. The van der Waals surface area contributed by atoms with Crippen molar-refractivity contribution in [3.8, 4) is 11.4 Å². The summed E-state index contributed by atoms with van der Waals surface area (Å²) in [5.41, 5.74) is 5.95. The van der Waals surface area contributed by atoms with Gasteiger partial charge in [0.25, 0.3) is 0 Å². The smallest absolute Gasteiger partial charge is 0.186 e. The second kappa shape index (κ2) is 7.96. The van der Waals surface area contributed by atoms with E-state index in [2.05, 4.69) is 35.3 Å². The number of fused-ring (bicyclic) bond motifs is 1. The van der Waals surface area contributed by atoms with Gasteiger partial charge >= 0.3 is 0 Å². The zero-order valence-corrected chi connectivity index (χ0v) is 18.0. The third-order valence-electron chi connectivity index (χ3n) is 5.95. The van der Waals surface area contributed by atoms with Crippen molar-refractivity contribution < 1.29 is 0 Å². The highest BCUT2D eigenvalue weighted by Gasteiger charge is 2.23. The van der Waals surface area contributed by atoms with Crippen LogP contribution in [0.2, 0.25) is 5.02 Å². The molecule has 0 atom stereocenters. The van der Waals surface area contributed by atoms with Gasteiger partial charge in [-0.3, -0.25) is 0 Å². The van der Waals surface area contributed by atoms with E-state index in [0.717, 1.165) is 28.1 Å². The number of rotatable bonds is 4. The molecule has 3 aromatic rings. The number of hydrogen-bond donors (Lipinski definition) is 0. The number of hydrogen-bond acceptors (Lipinski definition) is 4. The van der Waals surface area contributed by atoms with Gasteiger partial charge in [-0.25, -0.2) is 0 Å². The van der Waals surface area contributed by atoms with Gasteiger partial charge in [-0.05, 0) is 54.2 Å². The van der Waals surface area contributed by atoms with Gasteiger partial charge in [0.05, 0.1) is 10.7 Å². The average molecular weight is 423 g/mol. The molecule has 0 bridgehead atoms. The molecule has 0 N–H and O–H groups in total. The maximum Gasteiger partial charge on any atom is 0.212 e. The lowest BCUT2D eigenvalue weighted by Gasteiger charge is -2.17. The summed E-state index contributed by atoms with van der Waals surface area (Å²) in [6.07, 6.45) is 6.68. The third kappa shape index (κ3) is 3.74. The van der Waals surface area contributed by atoms with Gasteiger partial charge in [-0.1, -0.05) is 73.3 Å². The number of nitrogens with zero attached hydrogens (tertiary/aromatic N) is 4. The third-order valence-corrected chi connectivity index (χ3v) is 7.21. The summed E-state index contributed by atoms with van der Waals surface area (Å²) in [6, 6.07) is 14.5. The van der Waals surface area contributed by atoms with Crippen molar-refractivity contribution in [2.75, 3.05) is 5.75 Å². The highest BCUT2D eigenvalue weighted by Crippen LogP contribution is 2.33. The molecule has 2 aliphatic rings. The number of thioether (sulfide) groups is 1. The molecule has 0 radical (unpaired) electrons. The van der Waals surface area contributed by atoms with E-state index in [1.54, 1.807) is 11.8 Å². The minimum atomic E-state index is 0.657. The maximum absolute atomic E-state index is 6.39. The monoisotopic (exact) mass is 422 g/mol. The summed E-state index contributed by atoms with van der Waals surface area (Å²) in [7, 11) is 0. The molecule has 1 aliphatic heterocycles. The second-order valence-corrected chi connectivity index (χ2v) is 9.28. The van der Waals surface area contributed by atoms with Crippen LogP contribution >= 0.6 is 23.4 Å². The Bertz CT molecular complexity index is 1080. The van der Waals surface area contributed by atoms with Crippen molar-refractivity contribution >= 4 is 29.1 Å². The topological polar surface area (TPSA) is 43.1 Å². The number of aromatic nitrogens is 3. The van der Waals surface area contributed by atoms with E-state index in [4.69, 9.17) is 16.7 Å². The summed E-state index contributed by atoms with van der Waals surface area (Å²) in [5, 5.41) is 15.1. The van der Waals surface area contributed by atoms with Gasteiger partial charge in [0.2, 0.25) is 5.16 Å². The zero-order valence-electron chi connectivity index (χ0n) is 16.4. The summed E-state index contributed by atoms with van der Waals surface area (Å²) in [5.74, 6) is 2.32. The molecule has 0 unspecified atom stereocenters. The molecule has 2 aromatic carbocycles. The lowest BCUT2D eigenvalue weighted by Crippen LogP contribution is -2.14. The first kappa shape index (κ1) is 18.9. The van der Waals surface area contributed by atoms with Crippen LogP contribution in [0.25, 0.3) is 11.4 Å². The molecule has 5 rings (SSSR count). The first-order valence-corrected chi connectivity index (χ1v) is 11.6. The molecular formula is C23H23ClN4S. The summed E-state index contributed by atoms with van der Waals surface area (Å²) >= 11 is 8.07. The van der Waals surface area contributed by atoms with Crippen LogP contribution in [0.4, 0.5) is 0 Å². The first-order valence-electron chi connectivity index (χ1n) is 10.2. The van der Waals surface area contributed by atoms with Crippen LogP contribution in [0.5, 0.6) is 0 Å². The van der Waals surface area contributed by atoms with Crippen molar-refractivity contribution in [1.82, 2.24) is 14.9 Å². The Morgan fingerprint density at radius 1 is 1.10 bits per heavy atom. The van der Waals surface area contributed by atoms with Crippen LogP contribution in [0.1, 0.15) is 42.4 Å². The molecule has 0 amide bonds. The highest BCUT2D eigenvalue weighted by atomic mass is 35.5. The highest BCUT2D eigenvalue weighted by molar-refractivity contribution is 7.99. The predicted molar refractivity (Wildman–Crippen MR) is 120 cm³/mol. The van der Waals surface area contributed by atoms with Gasteiger partial charge in [-0.2, -0.15) is 9.78 Å². The Balaban J connectivity index is 1.50. The fraction of sp³-hybridized carbons (Fsp3) is 0.348. The van der Waals surface area contributed by atoms with Gasteiger partial charge in [0, 0.05) is 11.3 Å². The molecule has 1 fully saturated rings. The Hall–Kier alpha value is -2.11. The summed E-state index contributed by atoms with van der Waals surface area (Å²) < 4.78 is 1.83. The van der Waals surface area contributed by atoms with E-state index in [9.17, 15) is 0 Å². The molecule has 4 nitrogen and oxygen atoms in total. The molecule has 1 saturated carbocycles. The Kier molecular flexibility index (Phi) is 5.18. The first-order chi connectivity index (χ1) is 14.2. The summed E-state index contributed by atoms with van der Waals surface area (Å²) in [6.45, 7) is 2.22. The second-order valence-electron chi connectivity index (χ2n) is 7.93. The van der Waals surface area contributed by atoms with Crippen molar-refractivity contribution in [3.05, 3.63) is 64.2 Å². The van der Waals surface area contributed by atoms with Gasteiger partial charge < -0.3 is 0 Å². The fourth-order valence-corrected chi connectivity index (χ4v) is 5.33. The van der Waals surface area contributed by atoms with Crippen LogP contribution in [-0.4, -0.2) is 26.3 Å². The van der Waals surface area contributed by atoms with Crippen LogP contribution in [0, 0.1) is 12.8 Å². The van der Waals surface area contributed by atoms with Crippen molar-refractivity contribution in [1.29, 1.82) is 0 Å². The molecule has 2 heterocycles. The molecule has 0 saturated heterocycles. The SMILES string of the molecule is Cc1ccc(C2=Nn3c(nnc3-c3ccccc3Cl)SC2)cc1CC1CCCC1. The van der Waals surface area contributed by atoms with E-state index in [1.807, 2.05) is 28.9 Å². The van der Waals surface area contributed by atoms with Crippen LogP contribution in [-0.2, 0) is 6.42 Å². The largest absolute Gasteiger partial charge is 0.212 e. The van der Waals surface area contributed by atoms with E-state index >= 15 is 0 Å². The maximum atomic E-state index is 6.39. The quantitative estimate of drug-likeness (QED) is 0.518. The molecular weight excluding hydrogens is 400 g/mol. The molecule has 0 spiro atoms. The Labute approximate surface area is 180 Å². The van der Waals surface area contributed by atoms with Crippen molar-refractivity contribution in [2.24, 2.45) is 11.0 Å². The van der Waals surface area contributed by atoms with E-state index in [-0.39, 0.29) is 0 Å². The average Bonchev–Trinajstić information content (AvgIpc) is 3.39. The molecule has 1 aliphatic carbocycles. The molecule has 1 aromatic heterocycles. The lowest BCUT2D eigenvalue weighted by atomic mass is 9.93. The summed E-state index contributed by atoms with van der Waals surface area (Å²) in [4.78, 5) is 0. The van der Waals surface area contributed by atoms with E-state index in [0.29, 0.717) is 10.8 Å². The predicted octanol–water partition coefficient (Wildman–Crippen LogP) is 6.00. The van der Waals surface area contributed by atoms with Gasteiger partial charge in [0.1, 0.15) is 0 Å². The van der Waals surface area contributed by atoms with Crippen molar-refractivity contribution in [3.63, 3.8) is 0 Å². The van der Waals surface area contributed by atoms with E-state index < -0.39 is 0 Å². The van der Waals surface area contributed by atoms with Crippen molar-refractivity contribution in [2.45, 2.75) is 44.2 Å². The zero-order chi connectivity index (χ0) is 19.8. The Morgan fingerprint density at radius 2 is 1.93 bits per heavy atom. The standard InChI is InChI=1S/C23H23ClN4S/c1-15-10-11-17(13-18(15)12-16-6-2-3-7-16)21-14-29-23-26-25-22(28(23)27-21)19-8-4-5-9-20(19)24/h4-5,8-11,13,16H,2-3,6-7,12,14H2,1H3. The molecule has 29 heavy (non-hydrogen) atoms. The minimum Gasteiger partial charge on any atom is -0.186 e. The van der Waals surface area contributed by atoms with Gasteiger partial charge in [0.15, 0.2) is 5.82 Å². The number of halogens is 1. The fourth-order valence-electron chi connectivity index (χ4n) is 4.28. The number of aryl methyl sites for hydroxylation is 1. The number of benzene rings is 2. The van der Waals surface area contributed by atoms with Crippen LogP contribution in [0.3, 0.4) is 0 Å². The minimum absolute atomic E-state index is 0.657. The molecule has 6 heteroatoms. The van der Waals surface area contributed by atoms with Crippen LogP contribution < -0.4 is 0 Å². The van der Waals surface area contributed by atoms with Gasteiger partial charge in [-0.15, -0.1) is 10.2 Å². The van der Waals surface area contributed by atoms with E-state index in [1.165, 1.54) is 48.8 Å². The normalized spacial score (nSPS) is 16.7. The Morgan fingerprint density at radius 3 is 2.76 bits per heavy atom. The van der Waals surface area contributed by atoms with Crippen LogP contribution in [0.15, 0.2) is 52.7 Å². The lowest BCUT2D eigenvalue weighted by molar-refractivity contribution is 0.545.